The molecule has 8 heteroatoms. The lowest BCUT2D eigenvalue weighted by molar-refractivity contribution is 0.0951. The Morgan fingerprint density at radius 3 is 2.15 bits per heavy atom. The molecular formula is C31H28N4O3S. The van der Waals surface area contributed by atoms with Crippen LogP contribution < -0.4 is 9.62 Å². The molecule has 0 saturated carbocycles. The maximum Gasteiger partial charge on any atom is 0.264 e. The van der Waals surface area contributed by atoms with Gasteiger partial charge in [-0.05, 0) is 60.5 Å². The smallest absolute Gasteiger partial charge is 0.264 e. The Labute approximate surface area is 228 Å². The summed E-state index contributed by atoms with van der Waals surface area (Å²) in [5, 5.41) is 2.99. The van der Waals surface area contributed by atoms with Crippen LogP contribution in [-0.2, 0) is 23.1 Å². The number of imidazole rings is 1. The van der Waals surface area contributed by atoms with Crippen LogP contribution in [0.25, 0.3) is 5.69 Å². The lowest BCUT2D eigenvalue weighted by Crippen LogP contribution is -2.30. The first-order valence-corrected chi connectivity index (χ1v) is 14.0. The number of carbonyl (C=O) groups excluding carboxylic acids is 1. The standard InChI is InChI=1S/C31H28N4O3S/c1-24-32-20-21-34(24)30-15-9-8-10-27(30)22-33-31(36)26-18-16-25(17-19-26)23-35(28-11-4-2-5-12-28)39(37,38)29-13-6-3-7-14-29/h2-21H,22-23H2,1H3,(H,33,36). The van der Waals surface area contributed by atoms with Gasteiger partial charge in [0.15, 0.2) is 0 Å². The van der Waals surface area contributed by atoms with E-state index in [0.29, 0.717) is 17.8 Å². The van der Waals surface area contributed by atoms with E-state index >= 15 is 0 Å². The second-order valence-electron chi connectivity index (χ2n) is 9.01. The molecule has 1 heterocycles. The topological polar surface area (TPSA) is 84.3 Å². The Morgan fingerprint density at radius 2 is 1.49 bits per heavy atom. The van der Waals surface area contributed by atoms with Crippen LogP contribution in [-0.4, -0.2) is 23.9 Å². The van der Waals surface area contributed by atoms with Crippen molar-refractivity contribution in [2.45, 2.75) is 24.9 Å². The molecule has 0 atom stereocenters. The highest BCUT2D eigenvalue weighted by molar-refractivity contribution is 7.92. The van der Waals surface area contributed by atoms with Crippen LogP contribution in [0.3, 0.4) is 0 Å². The van der Waals surface area contributed by atoms with E-state index in [0.717, 1.165) is 22.6 Å². The number of nitrogens with one attached hydrogen (secondary N) is 1. The Morgan fingerprint density at radius 1 is 0.846 bits per heavy atom. The number of rotatable bonds is 9. The monoisotopic (exact) mass is 536 g/mol. The van der Waals surface area contributed by atoms with Gasteiger partial charge in [-0.2, -0.15) is 0 Å². The summed E-state index contributed by atoms with van der Waals surface area (Å²) in [6.45, 7) is 2.41. The second kappa shape index (κ2) is 11.4. The van der Waals surface area contributed by atoms with Crippen LogP contribution in [0.5, 0.6) is 0 Å². The Hall–Kier alpha value is -4.69. The number of aryl methyl sites for hydroxylation is 1. The predicted octanol–water partition coefficient (Wildman–Crippen LogP) is 5.51. The fraction of sp³-hybridized carbons (Fsp3) is 0.0968. The van der Waals surface area contributed by atoms with E-state index in [9.17, 15) is 13.2 Å². The van der Waals surface area contributed by atoms with Gasteiger partial charge in [-0.15, -0.1) is 0 Å². The Balaban J connectivity index is 1.32. The summed E-state index contributed by atoms with van der Waals surface area (Å²) in [5.41, 5.74) is 3.75. The molecule has 0 radical (unpaired) electrons. The van der Waals surface area contributed by atoms with Crippen LogP contribution >= 0.6 is 0 Å². The molecule has 0 unspecified atom stereocenters. The van der Waals surface area contributed by atoms with E-state index < -0.39 is 10.0 Å². The van der Waals surface area contributed by atoms with Gasteiger partial charge in [0.2, 0.25) is 0 Å². The highest BCUT2D eigenvalue weighted by Crippen LogP contribution is 2.26. The van der Waals surface area contributed by atoms with Gasteiger partial charge in [-0.25, -0.2) is 13.4 Å². The minimum Gasteiger partial charge on any atom is -0.348 e. The SMILES string of the molecule is Cc1nccn1-c1ccccc1CNC(=O)c1ccc(CN(c2ccccc2)S(=O)(=O)c2ccccc2)cc1. The van der Waals surface area contributed by atoms with E-state index in [1.807, 2.05) is 60.2 Å². The minimum atomic E-state index is -3.80. The maximum absolute atomic E-state index is 13.5. The highest BCUT2D eigenvalue weighted by Gasteiger charge is 2.25. The molecule has 0 bridgehead atoms. The van der Waals surface area contributed by atoms with Gasteiger partial charge in [-0.1, -0.05) is 66.7 Å². The number of carbonyl (C=O) groups is 1. The first-order valence-electron chi connectivity index (χ1n) is 12.5. The predicted molar refractivity (Wildman–Crippen MR) is 152 cm³/mol. The molecule has 0 aliphatic rings. The van der Waals surface area contributed by atoms with Crippen molar-refractivity contribution in [2.24, 2.45) is 0 Å². The Kier molecular flexibility index (Phi) is 7.56. The third kappa shape index (κ3) is 5.76. The molecule has 1 aromatic heterocycles. The van der Waals surface area contributed by atoms with E-state index in [2.05, 4.69) is 10.3 Å². The molecule has 5 aromatic rings. The molecule has 0 aliphatic carbocycles. The molecule has 1 amide bonds. The van der Waals surface area contributed by atoms with Crippen molar-refractivity contribution in [1.82, 2.24) is 14.9 Å². The lowest BCUT2D eigenvalue weighted by Gasteiger charge is -2.25. The number of aromatic nitrogens is 2. The fourth-order valence-electron chi connectivity index (χ4n) is 4.36. The van der Waals surface area contributed by atoms with Crippen molar-refractivity contribution < 1.29 is 13.2 Å². The molecule has 4 aromatic carbocycles. The number of hydrogen-bond donors (Lipinski definition) is 1. The van der Waals surface area contributed by atoms with Crippen LogP contribution in [0, 0.1) is 6.92 Å². The molecule has 5 rings (SSSR count). The molecule has 0 spiro atoms. The number of para-hydroxylation sites is 2. The second-order valence-corrected chi connectivity index (χ2v) is 10.9. The van der Waals surface area contributed by atoms with Crippen molar-refractivity contribution in [2.75, 3.05) is 4.31 Å². The summed E-state index contributed by atoms with van der Waals surface area (Å²) in [5.74, 6) is 0.652. The third-order valence-electron chi connectivity index (χ3n) is 6.43. The highest BCUT2D eigenvalue weighted by atomic mass is 32.2. The average molecular weight is 537 g/mol. The number of nitrogens with zero attached hydrogens (tertiary/aromatic N) is 3. The lowest BCUT2D eigenvalue weighted by atomic mass is 10.1. The largest absolute Gasteiger partial charge is 0.348 e. The fourth-order valence-corrected chi connectivity index (χ4v) is 5.84. The summed E-state index contributed by atoms with van der Waals surface area (Å²) in [6, 6.07) is 32.2. The van der Waals surface area contributed by atoms with Crippen LogP contribution in [0.4, 0.5) is 5.69 Å². The molecule has 1 N–H and O–H groups in total. The first kappa shape index (κ1) is 25.9. The zero-order valence-corrected chi connectivity index (χ0v) is 22.3. The molecule has 7 nitrogen and oxygen atoms in total. The number of sulfonamides is 1. The van der Waals surface area contributed by atoms with Gasteiger partial charge in [0.25, 0.3) is 15.9 Å². The van der Waals surface area contributed by atoms with E-state index in [-0.39, 0.29) is 17.3 Å². The van der Waals surface area contributed by atoms with Crippen molar-refractivity contribution in [3.8, 4) is 5.69 Å². The number of hydrogen-bond acceptors (Lipinski definition) is 4. The Bertz CT molecular complexity index is 1670. The minimum absolute atomic E-state index is 0.126. The van der Waals surface area contributed by atoms with Crippen LogP contribution in [0.1, 0.15) is 27.3 Å². The number of anilines is 1. The van der Waals surface area contributed by atoms with Gasteiger partial charge in [0, 0.05) is 24.5 Å². The van der Waals surface area contributed by atoms with Crippen LogP contribution in [0.15, 0.2) is 126 Å². The molecule has 196 valence electrons. The number of benzene rings is 4. The van der Waals surface area contributed by atoms with Gasteiger partial charge in [-0.3, -0.25) is 9.10 Å². The quantitative estimate of drug-likeness (QED) is 0.269. The van der Waals surface area contributed by atoms with Crippen LogP contribution in [0.2, 0.25) is 0 Å². The summed E-state index contributed by atoms with van der Waals surface area (Å²) in [6.07, 6.45) is 3.64. The first-order chi connectivity index (χ1) is 18.9. The summed E-state index contributed by atoms with van der Waals surface area (Å²) < 4.78 is 30.4. The number of amides is 1. The van der Waals surface area contributed by atoms with Crippen molar-refractivity contribution in [3.63, 3.8) is 0 Å². The summed E-state index contributed by atoms with van der Waals surface area (Å²) in [4.78, 5) is 17.5. The average Bonchev–Trinajstić information content (AvgIpc) is 3.41. The van der Waals surface area contributed by atoms with Gasteiger partial charge in [0.05, 0.1) is 22.8 Å². The third-order valence-corrected chi connectivity index (χ3v) is 8.22. The van der Waals surface area contributed by atoms with Gasteiger partial charge in [0.1, 0.15) is 5.82 Å². The summed E-state index contributed by atoms with van der Waals surface area (Å²) in [7, 11) is -3.80. The molecule has 0 fully saturated rings. The molecule has 39 heavy (non-hydrogen) atoms. The van der Waals surface area contributed by atoms with E-state index in [1.165, 1.54) is 4.31 Å². The van der Waals surface area contributed by atoms with E-state index in [4.69, 9.17) is 0 Å². The summed E-state index contributed by atoms with van der Waals surface area (Å²) >= 11 is 0. The molecule has 0 aliphatic heterocycles. The normalized spacial score (nSPS) is 11.2. The van der Waals surface area contributed by atoms with E-state index in [1.54, 1.807) is 72.9 Å². The van der Waals surface area contributed by atoms with Gasteiger partial charge < -0.3 is 9.88 Å². The van der Waals surface area contributed by atoms with Gasteiger partial charge >= 0.3 is 0 Å². The van der Waals surface area contributed by atoms with Crippen molar-refractivity contribution in [1.29, 1.82) is 0 Å². The zero-order chi connectivity index (χ0) is 27.2. The molecule has 0 saturated heterocycles. The van der Waals surface area contributed by atoms with Crippen molar-refractivity contribution in [3.05, 3.63) is 144 Å². The van der Waals surface area contributed by atoms with Crippen molar-refractivity contribution >= 4 is 21.6 Å². The maximum atomic E-state index is 13.5. The molecular weight excluding hydrogens is 508 g/mol. The zero-order valence-electron chi connectivity index (χ0n) is 21.4.